The van der Waals surface area contributed by atoms with Crippen LogP contribution in [0.5, 0.6) is 0 Å². The van der Waals surface area contributed by atoms with Crippen LogP contribution in [-0.4, -0.2) is 56.4 Å². The molecular formula is C17H21FN4OS2. The summed E-state index contributed by atoms with van der Waals surface area (Å²) in [6, 6.07) is 6.71. The summed E-state index contributed by atoms with van der Waals surface area (Å²) >= 11 is 2.81. The largest absolute Gasteiger partial charge is 0.339 e. The second-order valence-electron chi connectivity index (χ2n) is 6.08. The van der Waals surface area contributed by atoms with Crippen molar-refractivity contribution in [1.82, 2.24) is 18.5 Å². The number of halogens is 1. The highest BCUT2D eigenvalue weighted by Gasteiger charge is 2.21. The highest BCUT2D eigenvalue weighted by Crippen LogP contribution is 2.16. The van der Waals surface area contributed by atoms with Crippen LogP contribution in [0.1, 0.15) is 17.0 Å². The molecule has 0 radical (unpaired) electrons. The number of carbonyl (C=O) groups excluding carboxylic acids is 1. The Labute approximate surface area is 155 Å². The van der Waals surface area contributed by atoms with Crippen molar-refractivity contribution in [2.75, 3.05) is 31.9 Å². The topological polar surface area (TPSA) is 49.3 Å². The number of aromatic nitrogens is 2. The molecule has 0 saturated carbocycles. The fourth-order valence-electron chi connectivity index (χ4n) is 2.76. The Bertz CT molecular complexity index is 716. The third kappa shape index (κ3) is 5.23. The normalized spacial score (nSPS) is 15.5. The maximum atomic E-state index is 13.3. The van der Waals surface area contributed by atoms with E-state index in [0.717, 1.165) is 55.4 Å². The van der Waals surface area contributed by atoms with E-state index < -0.39 is 0 Å². The number of thioether (sulfide) groups is 1. The number of hydrogen-bond donors (Lipinski definition) is 0. The van der Waals surface area contributed by atoms with E-state index in [1.54, 1.807) is 23.9 Å². The van der Waals surface area contributed by atoms with E-state index in [9.17, 15) is 9.18 Å². The van der Waals surface area contributed by atoms with Gasteiger partial charge < -0.3 is 4.90 Å². The second-order valence-corrected chi connectivity index (χ2v) is 7.59. The van der Waals surface area contributed by atoms with E-state index >= 15 is 0 Å². The average Bonchev–Trinajstić information content (AvgIpc) is 3.01. The Morgan fingerprint density at radius 2 is 2.08 bits per heavy atom. The molecule has 1 aromatic heterocycles. The lowest BCUT2D eigenvalue weighted by molar-refractivity contribution is -0.130. The highest BCUT2D eigenvalue weighted by atomic mass is 32.2. The van der Waals surface area contributed by atoms with Gasteiger partial charge in [-0.2, -0.15) is 8.75 Å². The third-order valence-corrected chi connectivity index (χ3v) is 5.82. The molecule has 1 aliphatic rings. The second kappa shape index (κ2) is 8.73. The third-order valence-electron chi connectivity index (χ3n) is 4.23. The zero-order chi connectivity index (χ0) is 17.6. The number of benzene rings is 1. The number of hydrogen-bond acceptors (Lipinski definition) is 6. The van der Waals surface area contributed by atoms with Gasteiger partial charge in [0, 0.05) is 38.5 Å². The van der Waals surface area contributed by atoms with Crippen LogP contribution < -0.4 is 0 Å². The fraction of sp³-hybridized carbons (Fsp3) is 0.471. The minimum atomic E-state index is -0.200. The van der Waals surface area contributed by atoms with Crippen LogP contribution in [0.15, 0.2) is 24.3 Å². The van der Waals surface area contributed by atoms with Crippen molar-refractivity contribution >= 4 is 29.4 Å². The standard InChI is InChI=1S/C17H21FN4OS2/c1-13-16(20-25-19-13)11-24-12-17(23)22-7-5-21(6-8-22)10-14-3-2-4-15(18)9-14/h2-4,9H,5-8,10-12H2,1H3. The lowest BCUT2D eigenvalue weighted by Gasteiger charge is -2.34. The van der Waals surface area contributed by atoms with Gasteiger partial charge in [-0.25, -0.2) is 4.39 Å². The highest BCUT2D eigenvalue weighted by molar-refractivity contribution is 7.99. The Hall–Kier alpha value is -1.51. The first-order chi connectivity index (χ1) is 12.1. The lowest BCUT2D eigenvalue weighted by atomic mass is 10.2. The molecule has 25 heavy (non-hydrogen) atoms. The number of carbonyl (C=O) groups is 1. The lowest BCUT2D eigenvalue weighted by Crippen LogP contribution is -2.48. The molecule has 5 nitrogen and oxygen atoms in total. The van der Waals surface area contributed by atoms with Gasteiger partial charge in [0.05, 0.1) is 28.9 Å². The Morgan fingerprint density at radius 1 is 1.28 bits per heavy atom. The molecular weight excluding hydrogens is 359 g/mol. The minimum Gasteiger partial charge on any atom is -0.339 e. The SMILES string of the molecule is Cc1nsnc1CSCC(=O)N1CCN(Cc2cccc(F)c2)CC1. The predicted molar refractivity (Wildman–Crippen MR) is 99.1 cm³/mol. The first kappa shape index (κ1) is 18.3. The zero-order valence-corrected chi connectivity index (χ0v) is 15.8. The summed E-state index contributed by atoms with van der Waals surface area (Å²) in [5.41, 5.74) is 2.90. The minimum absolute atomic E-state index is 0.177. The summed E-state index contributed by atoms with van der Waals surface area (Å²) in [4.78, 5) is 16.5. The molecule has 1 aromatic carbocycles. The summed E-state index contributed by atoms with van der Waals surface area (Å²) < 4.78 is 21.6. The first-order valence-corrected chi connectivity index (χ1v) is 10.1. The Morgan fingerprint density at radius 3 is 2.76 bits per heavy atom. The zero-order valence-electron chi connectivity index (χ0n) is 14.2. The molecule has 0 spiro atoms. The fourth-order valence-corrected chi connectivity index (χ4v) is 4.33. The van der Waals surface area contributed by atoms with Crippen molar-refractivity contribution in [3.8, 4) is 0 Å². The summed E-state index contributed by atoms with van der Waals surface area (Å²) in [7, 11) is 0. The van der Waals surface area contributed by atoms with Crippen molar-refractivity contribution in [3.63, 3.8) is 0 Å². The van der Waals surface area contributed by atoms with Crippen LogP contribution in [0.25, 0.3) is 0 Å². The summed E-state index contributed by atoms with van der Waals surface area (Å²) in [5.74, 6) is 1.18. The summed E-state index contributed by atoms with van der Waals surface area (Å²) in [5, 5.41) is 0. The molecule has 0 bridgehead atoms. The van der Waals surface area contributed by atoms with Gasteiger partial charge >= 0.3 is 0 Å². The van der Waals surface area contributed by atoms with Crippen molar-refractivity contribution in [1.29, 1.82) is 0 Å². The van der Waals surface area contributed by atoms with Crippen LogP contribution in [0.4, 0.5) is 4.39 Å². The molecule has 2 heterocycles. The van der Waals surface area contributed by atoms with Crippen molar-refractivity contribution in [2.45, 2.75) is 19.2 Å². The van der Waals surface area contributed by atoms with Crippen LogP contribution in [0.3, 0.4) is 0 Å². The maximum Gasteiger partial charge on any atom is 0.232 e. The number of aryl methyl sites for hydroxylation is 1. The maximum absolute atomic E-state index is 13.3. The summed E-state index contributed by atoms with van der Waals surface area (Å²) in [6.07, 6.45) is 0. The van der Waals surface area contributed by atoms with Gasteiger partial charge in [-0.05, 0) is 24.6 Å². The monoisotopic (exact) mass is 380 g/mol. The average molecular weight is 381 g/mol. The molecule has 0 atom stereocenters. The van der Waals surface area contributed by atoms with E-state index in [4.69, 9.17) is 0 Å². The molecule has 1 aliphatic heterocycles. The molecule has 1 amide bonds. The Kier molecular flexibility index (Phi) is 6.39. The molecule has 0 N–H and O–H groups in total. The molecule has 134 valence electrons. The van der Waals surface area contributed by atoms with Gasteiger partial charge in [-0.1, -0.05) is 12.1 Å². The van der Waals surface area contributed by atoms with Crippen LogP contribution >= 0.6 is 23.5 Å². The van der Waals surface area contributed by atoms with Crippen molar-refractivity contribution < 1.29 is 9.18 Å². The van der Waals surface area contributed by atoms with Gasteiger partial charge in [0.25, 0.3) is 0 Å². The van der Waals surface area contributed by atoms with Gasteiger partial charge in [0.1, 0.15) is 5.82 Å². The van der Waals surface area contributed by atoms with Gasteiger partial charge in [0.15, 0.2) is 0 Å². The van der Waals surface area contributed by atoms with Crippen molar-refractivity contribution in [3.05, 3.63) is 47.0 Å². The first-order valence-electron chi connectivity index (χ1n) is 8.22. The van der Waals surface area contributed by atoms with E-state index in [-0.39, 0.29) is 11.7 Å². The molecule has 0 aliphatic carbocycles. The van der Waals surface area contributed by atoms with Gasteiger partial charge in [-0.3, -0.25) is 9.69 Å². The van der Waals surface area contributed by atoms with E-state index in [0.29, 0.717) is 5.75 Å². The molecule has 8 heteroatoms. The number of piperazine rings is 1. The van der Waals surface area contributed by atoms with E-state index in [1.165, 1.54) is 17.8 Å². The number of rotatable bonds is 6. The number of amides is 1. The molecule has 0 unspecified atom stereocenters. The van der Waals surface area contributed by atoms with Crippen LogP contribution in [0.2, 0.25) is 0 Å². The number of nitrogens with zero attached hydrogens (tertiary/aromatic N) is 4. The molecule has 1 saturated heterocycles. The van der Waals surface area contributed by atoms with E-state index in [1.807, 2.05) is 17.9 Å². The predicted octanol–water partition coefficient (Wildman–Crippen LogP) is 2.56. The Balaban J connectivity index is 1.39. The van der Waals surface area contributed by atoms with Gasteiger partial charge in [-0.15, -0.1) is 11.8 Å². The van der Waals surface area contributed by atoms with Crippen LogP contribution in [0, 0.1) is 12.7 Å². The van der Waals surface area contributed by atoms with Crippen LogP contribution in [-0.2, 0) is 17.1 Å². The molecule has 2 aromatic rings. The van der Waals surface area contributed by atoms with Crippen molar-refractivity contribution in [2.24, 2.45) is 0 Å². The molecule has 1 fully saturated rings. The quantitative estimate of drug-likeness (QED) is 0.771. The summed E-state index contributed by atoms with van der Waals surface area (Å²) in [6.45, 7) is 5.77. The van der Waals surface area contributed by atoms with E-state index in [2.05, 4.69) is 13.6 Å². The molecule has 3 rings (SSSR count). The smallest absolute Gasteiger partial charge is 0.232 e. The van der Waals surface area contributed by atoms with Gasteiger partial charge in [0.2, 0.25) is 5.91 Å².